The predicted molar refractivity (Wildman–Crippen MR) is 76.5 cm³/mol. The molecule has 0 fully saturated rings. The van der Waals surface area contributed by atoms with Crippen molar-refractivity contribution in [1.29, 1.82) is 0 Å². The summed E-state index contributed by atoms with van der Waals surface area (Å²) in [5.74, 6) is 0.406. The fraction of sp³-hybridized carbons (Fsp3) is 0.562. The van der Waals surface area contributed by atoms with Crippen LogP contribution >= 0.6 is 0 Å². The van der Waals surface area contributed by atoms with Crippen molar-refractivity contribution in [2.24, 2.45) is 5.92 Å². The molecular formula is C16H25NO. The van der Waals surface area contributed by atoms with Gasteiger partial charge in [0.2, 0.25) is 5.91 Å². The highest BCUT2D eigenvalue weighted by Gasteiger charge is 2.18. The van der Waals surface area contributed by atoms with Crippen molar-refractivity contribution in [2.45, 2.75) is 53.0 Å². The summed E-state index contributed by atoms with van der Waals surface area (Å²) < 4.78 is 0. The van der Waals surface area contributed by atoms with E-state index in [1.807, 2.05) is 0 Å². The maximum absolute atomic E-state index is 11.2. The Morgan fingerprint density at radius 1 is 1.11 bits per heavy atom. The zero-order chi connectivity index (χ0) is 13.9. The van der Waals surface area contributed by atoms with Gasteiger partial charge in [0, 0.05) is 6.92 Å². The highest BCUT2D eigenvalue weighted by atomic mass is 16.1. The zero-order valence-corrected chi connectivity index (χ0v) is 12.4. The molecule has 1 amide bonds. The van der Waals surface area contributed by atoms with Crippen LogP contribution in [0.1, 0.15) is 58.7 Å². The Kier molecular flexibility index (Phi) is 4.55. The first-order chi connectivity index (χ1) is 8.21. The van der Waals surface area contributed by atoms with Gasteiger partial charge in [-0.05, 0) is 22.5 Å². The van der Waals surface area contributed by atoms with Crippen LogP contribution in [0.2, 0.25) is 0 Å². The topological polar surface area (TPSA) is 29.1 Å². The fourth-order valence-corrected chi connectivity index (χ4v) is 2.04. The number of carbonyl (C=O) groups excluding carboxylic acids is 1. The van der Waals surface area contributed by atoms with Gasteiger partial charge in [0.1, 0.15) is 0 Å². The lowest BCUT2D eigenvalue weighted by atomic mass is 9.85. The summed E-state index contributed by atoms with van der Waals surface area (Å²) >= 11 is 0. The van der Waals surface area contributed by atoms with E-state index in [2.05, 4.69) is 64.2 Å². The van der Waals surface area contributed by atoms with Crippen molar-refractivity contribution in [3.05, 3.63) is 35.4 Å². The van der Waals surface area contributed by atoms with Crippen LogP contribution < -0.4 is 5.32 Å². The lowest BCUT2D eigenvalue weighted by Crippen LogP contribution is -2.29. The molecule has 0 saturated heterocycles. The molecule has 0 aliphatic rings. The lowest BCUT2D eigenvalue weighted by molar-refractivity contribution is -0.120. The molecule has 0 aliphatic carbocycles. The van der Waals surface area contributed by atoms with Gasteiger partial charge in [-0.2, -0.15) is 0 Å². The average Bonchev–Trinajstić information content (AvgIpc) is 2.24. The summed E-state index contributed by atoms with van der Waals surface area (Å²) in [6.45, 7) is 12.4. The average molecular weight is 247 g/mol. The molecule has 1 unspecified atom stereocenters. The largest absolute Gasteiger partial charge is 0.349 e. The molecule has 0 spiro atoms. The molecule has 1 aromatic rings. The van der Waals surface area contributed by atoms with Crippen LogP contribution in [0.4, 0.5) is 0 Å². The Morgan fingerprint density at radius 3 is 1.94 bits per heavy atom. The second-order valence-electron chi connectivity index (χ2n) is 6.29. The van der Waals surface area contributed by atoms with Crippen molar-refractivity contribution in [3.63, 3.8) is 0 Å². The lowest BCUT2D eigenvalue weighted by Gasteiger charge is -2.24. The Balaban J connectivity index is 2.97. The molecule has 1 atom stereocenters. The van der Waals surface area contributed by atoms with Gasteiger partial charge in [0.25, 0.3) is 0 Å². The Hall–Kier alpha value is -1.31. The number of hydrogen-bond donors (Lipinski definition) is 1. The Bertz CT molecular complexity index is 398. The molecule has 18 heavy (non-hydrogen) atoms. The molecule has 0 heterocycles. The molecule has 0 aliphatic heterocycles. The van der Waals surface area contributed by atoms with E-state index < -0.39 is 0 Å². The van der Waals surface area contributed by atoms with E-state index in [1.165, 1.54) is 11.1 Å². The Labute approximate surface area is 111 Å². The first kappa shape index (κ1) is 14.7. The third kappa shape index (κ3) is 3.86. The van der Waals surface area contributed by atoms with Gasteiger partial charge < -0.3 is 5.32 Å². The van der Waals surface area contributed by atoms with Crippen LogP contribution in [0.5, 0.6) is 0 Å². The number of benzene rings is 1. The van der Waals surface area contributed by atoms with Gasteiger partial charge in [0.15, 0.2) is 0 Å². The first-order valence-electron chi connectivity index (χ1n) is 6.59. The summed E-state index contributed by atoms with van der Waals surface area (Å²) in [4.78, 5) is 11.2. The Morgan fingerprint density at radius 2 is 1.61 bits per heavy atom. The monoisotopic (exact) mass is 247 g/mol. The van der Waals surface area contributed by atoms with E-state index in [0.29, 0.717) is 5.92 Å². The molecular weight excluding hydrogens is 222 g/mol. The smallest absolute Gasteiger partial charge is 0.217 e. The molecule has 0 bridgehead atoms. The van der Waals surface area contributed by atoms with Gasteiger partial charge in [-0.25, -0.2) is 0 Å². The van der Waals surface area contributed by atoms with Crippen molar-refractivity contribution >= 4 is 5.91 Å². The normalized spacial score (nSPS) is 13.5. The highest BCUT2D eigenvalue weighted by Crippen LogP contribution is 2.26. The minimum absolute atomic E-state index is 0.0218. The molecule has 0 saturated carbocycles. The van der Waals surface area contributed by atoms with E-state index >= 15 is 0 Å². The van der Waals surface area contributed by atoms with Gasteiger partial charge in [0.05, 0.1) is 6.04 Å². The summed E-state index contributed by atoms with van der Waals surface area (Å²) in [7, 11) is 0. The molecule has 1 rings (SSSR count). The van der Waals surface area contributed by atoms with Gasteiger partial charge in [-0.3, -0.25) is 4.79 Å². The third-order valence-electron chi connectivity index (χ3n) is 3.16. The number of nitrogens with one attached hydrogen (secondary N) is 1. The molecule has 0 radical (unpaired) electrons. The maximum atomic E-state index is 11.2. The van der Waals surface area contributed by atoms with E-state index in [-0.39, 0.29) is 17.4 Å². The second kappa shape index (κ2) is 5.55. The fourth-order valence-electron chi connectivity index (χ4n) is 2.04. The number of hydrogen-bond acceptors (Lipinski definition) is 1. The van der Waals surface area contributed by atoms with Gasteiger partial charge >= 0.3 is 0 Å². The van der Waals surface area contributed by atoms with Crippen molar-refractivity contribution in [1.82, 2.24) is 5.32 Å². The number of rotatable bonds is 3. The third-order valence-corrected chi connectivity index (χ3v) is 3.16. The van der Waals surface area contributed by atoms with E-state index in [1.54, 1.807) is 6.92 Å². The predicted octanol–water partition coefficient (Wildman–Crippen LogP) is 3.82. The van der Waals surface area contributed by atoms with Gasteiger partial charge in [-0.1, -0.05) is 58.9 Å². The van der Waals surface area contributed by atoms with E-state index in [9.17, 15) is 4.79 Å². The quantitative estimate of drug-likeness (QED) is 0.864. The second-order valence-corrected chi connectivity index (χ2v) is 6.29. The molecule has 1 N–H and O–H groups in total. The highest BCUT2D eigenvalue weighted by molar-refractivity contribution is 5.73. The molecule has 0 aromatic heterocycles. The number of amides is 1. The standard InChI is InChI=1S/C16H25NO/c1-11(2)15(17-12(3)18)13-7-9-14(10-8-13)16(4,5)6/h7-11,15H,1-6H3,(H,17,18). The first-order valence-corrected chi connectivity index (χ1v) is 6.59. The zero-order valence-electron chi connectivity index (χ0n) is 12.4. The van der Waals surface area contributed by atoms with Crippen LogP contribution in [0.25, 0.3) is 0 Å². The SMILES string of the molecule is CC(=O)NC(c1ccc(C(C)(C)C)cc1)C(C)C. The maximum Gasteiger partial charge on any atom is 0.217 e. The van der Waals surface area contributed by atoms with Crippen molar-refractivity contribution in [2.75, 3.05) is 0 Å². The van der Waals surface area contributed by atoms with Crippen LogP contribution in [-0.2, 0) is 10.2 Å². The summed E-state index contributed by atoms with van der Waals surface area (Å²) in [5.41, 5.74) is 2.66. The van der Waals surface area contributed by atoms with Crippen molar-refractivity contribution < 1.29 is 4.79 Å². The van der Waals surface area contributed by atoms with Crippen molar-refractivity contribution in [3.8, 4) is 0 Å². The van der Waals surface area contributed by atoms with E-state index in [0.717, 1.165) is 0 Å². The summed E-state index contributed by atoms with van der Waals surface area (Å²) in [5, 5.41) is 3.01. The van der Waals surface area contributed by atoms with E-state index in [4.69, 9.17) is 0 Å². The van der Waals surface area contributed by atoms with Crippen LogP contribution in [0.15, 0.2) is 24.3 Å². The molecule has 2 nitrogen and oxygen atoms in total. The summed E-state index contributed by atoms with van der Waals surface area (Å²) in [6, 6.07) is 8.66. The minimum Gasteiger partial charge on any atom is -0.349 e. The number of carbonyl (C=O) groups is 1. The van der Waals surface area contributed by atoms with Crippen LogP contribution in [0.3, 0.4) is 0 Å². The van der Waals surface area contributed by atoms with Gasteiger partial charge in [-0.15, -0.1) is 0 Å². The molecule has 1 aromatic carbocycles. The molecule has 2 heteroatoms. The van der Waals surface area contributed by atoms with Crippen LogP contribution in [-0.4, -0.2) is 5.91 Å². The molecule has 100 valence electrons. The minimum atomic E-state index is 0.0218. The van der Waals surface area contributed by atoms with Crippen LogP contribution in [0, 0.1) is 5.92 Å². The summed E-state index contributed by atoms with van der Waals surface area (Å²) in [6.07, 6.45) is 0.